The van der Waals surface area contributed by atoms with Crippen molar-refractivity contribution in [1.29, 1.82) is 0 Å². The highest BCUT2D eigenvalue weighted by atomic mass is 32.1. The van der Waals surface area contributed by atoms with Gasteiger partial charge < -0.3 is 9.64 Å². The van der Waals surface area contributed by atoms with Crippen molar-refractivity contribution in [3.8, 4) is 11.1 Å². The van der Waals surface area contributed by atoms with Crippen LogP contribution in [-0.4, -0.2) is 52.9 Å². The van der Waals surface area contributed by atoms with Crippen LogP contribution < -0.4 is 0 Å². The summed E-state index contributed by atoms with van der Waals surface area (Å²) in [6.45, 7) is 3.12. The predicted octanol–water partition coefficient (Wildman–Crippen LogP) is 3.88. The Morgan fingerprint density at radius 2 is 2.11 bits per heavy atom. The van der Waals surface area contributed by atoms with Gasteiger partial charge in [-0.15, -0.1) is 11.3 Å². The van der Waals surface area contributed by atoms with Crippen molar-refractivity contribution < 1.29 is 9.53 Å². The largest absolute Gasteiger partial charge is 0.383 e. The Morgan fingerprint density at radius 3 is 2.89 bits per heavy atom. The second-order valence-corrected chi connectivity index (χ2v) is 7.98. The first kappa shape index (κ1) is 18.6. The van der Waals surface area contributed by atoms with Gasteiger partial charge in [-0.1, -0.05) is 12.1 Å². The molecule has 0 unspecified atom stereocenters. The second kappa shape index (κ2) is 7.33. The molecule has 4 rings (SSSR count). The molecule has 0 saturated heterocycles. The van der Waals surface area contributed by atoms with E-state index < -0.39 is 0 Å². The molecule has 28 heavy (non-hydrogen) atoms. The average molecular weight is 395 g/mol. The van der Waals surface area contributed by atoms with Gasteiger partial charge in [0, 0.05) is 55.8 Å². The molecule has 0 aliphatic rings. The fourth-order valence-corrected chi connectivity index (χ4v) is 4.55. The molecule has 0 aliphatic heterocycles. The quantitative estimate of drug-likeness (QED) is 0.515. The molecule has 0 spiro atoms. The normalized spacial score (nSPS) is 11.4. The fourth-order valence-electron chi connectivity index (χ4n) is 3.30. The molecule has 1 amide bonds. The Bertz CT molecular complexity index is 1180. The number of aryl methyl sites for hydroxylation is 2. The Morgan fingerprint density at radius 1 is 1.29 bits per heavy atom. The van der Waals surface area contributed by atoms with Crippen molar-refractivity contribution in [2.45, 2.75) is 6.92 Å². The number of likely N-dealkylation sites (N-methyl/N-ethyl adjacent to an activating group) is 1. The number of carbonyl (C=O) groups excluding carboxylic acids is 1. The number of carbonyl (C=O) groups is 1. The zero-order valence-electron chi connectivity index (χ0n) is 16.4. The van der Waals surface area contributed by atoms with E-state index in [1.165, 1.54) is 0 Å². The van der Waals surface area contributed by atoms with Crippen LogP contribution in [-0.2, 0) is 11.8 Å². The van der Waals surface area contributed by atoms with Gasteiger partial charge in [-0.2, -0.15) is 5.10 Å². The lowest BCUT2D eigenvalue weighted by Gasteiger charge is -2.15. The van der Waals surface area contributed by atoms with Crippen LogP contribution in [0.1, 0.15) is 15.2 Å². The van der Waals surface area contributed by atoms with Gasteiger partial charge in [-0.3, -0.25) is 9.48 Å². The molecule has 0 fully saturated rings. The fraction of sp³-hybridized carbons (Fsp3) is 0.286. The summed E-state index contributed by atoms with van der Waals surface area (Å²) >= 11 is 1.54. The smallest absolute Gasteiger partial charge is 0.264 e. The number of hydrogen-bond acceptors (Lipinski definition) is 5. The molecule has 0 bridgehead atoms. The van der Waals surface area contributed by atoms with E-state index in [0.29, 0.717) is 13.2 Å². The topological polar surface area (TPSA) is 60.2 Å². The maximum absolute atomic E-state index is 12.8. The summed E-state index contributed by atoms with van der Waals surface area (Å²) in [5.74, 6) is 0.0377. The summed E-state index contributed by atoms with van der Waals surface area (Å²) in [5, 5.41) is 6.46. The molecule has 0 radical (unpaired) electrons. The Labute approximate surface area is 167 Å². The maximum Gasteiger partial charge on any atom is 0.264 e. The minimum absolute atomic E-state index is 0.0377. The molecule has 3 aromatic heterocycles. The number of fused-ring (bicyclic) bond motifs is 2. The summed E-state index contributed by atoms with van der Waals surface area (Å²) in [4.78, 5) is 19.8. The lowest BCUT2D eigenvalue weighted by Crippen LogP contribution is -2.29. The van der Waals surface area contributed by atoms with E-state index in [4.69, 9.17) is 4.74 Å². The first-order chi connectivity index (χ1) is 13.5. The number of thiophene rings is 1. The SMILES string of the molecule is COCCN(C)C(=O)c1sc2cc(-c3cnc4nn(C)cc4c3)ccc2c1C. The third-order valence-corrected chi connectivity index (χ3v) is 6.16. The van der Waals surface area contributed by atoms with E-state index >= 15 is 0 Å². The van der Waals surface area contributed by atoms with Crippen LogP contribution in [0.25, 0.3) is 32.2 Å². The second-order valence-electron chi connectivity index (χ2n) is 6.93. The van der Waals surface area contributed by atoms with Crippen molar-refractivity contribution in [3.63, 3.8) is 0 Å². The molecular formula is C21H22N4O2S. The Hall–Kier alpha value is -2.77. The Balaban J connectivity index is 1.71. The lowest BCUT2D eigenvalue weighted by molar-refractivity contribution is 0.0748. The van der Waals surface area contributed by atoms with E-state index in [1.54, 1.807) is 28.0 Å². The molecule has 0 aliphatic carbocycles. The van der Waals surface area contributed by atoms with Crippen LogP contribution in [0.15, 0.2) is 36.7 Å². The first-order valence-corrected chi connectivity index (χ1v) is 9.87. The first-order valence-electron chi connectivity index (χ1n) is 9.05. The number of hydrogen-bond donors (Lipinski definition) is 0. The number of ether oxygens (including phenoxy) is 1. The van der Waals surface area contributed by atoms with Crippen LogP contribution in [0.2, 0.25) is 0 Å². The van der Waals surface area contributed by atoms with E-state index in [2.05, 4.69) is 34.3 Å². The predicted molar refractivity (Wildman–Crippen MR) is 113 cm³/mol. The Kier molecular flexibility index (Phi) is 4.87. The van der Waals surface area contributed by atoms with Crippen molar-refractivity contribution in [2.75, 3.05) is 27.3 Å². The van der Waals surface area contributed by atoms with Crippen molar-refractivity contribution in [2.24, 2.45) is 7.05 Å². The standard InChI is InChI=1S/C21H22N4O2S/c1-13-17-6-5-14(15-9-16-12-25(3)23-20(16)22-11-15)10-18(17)28-19(13)21(26)24(2)7-8-27-4/h5-6,9-12H,7-8H2,1-4H3. The van der Waals surface area contributed by atoms with Gasteiger partial charge >= 0.3 is 0 Å². The average Bonchev–Trinajstić information content (AvgIpc) is 3.23. The number of amides is 1. The molecular weight excluding hydrogens is 372 g/mol. The zero-order valence-corrected chi connectivity index (χ0v) is 17.2. The van der Waals surface area contributed by atoms with Gasteiger partial charge in [0.25, 0.3) is 5.91 Å². The van der Waals surface area contributed by atoms with Crippen molar-refractivity contribution in [1.82, 2.24) is 19.7 Å². The number of pyridine rings is 1. The third kappa shape index (κ3) is 3.27. The molecule has 3 heterocycles. The van der Waals surface area contributed by atoms with Crippen LogP contribution in [0.4, 0.5) is 0 Å². The summed E-state index contributed by atoms with van der Waals surface area (Å²) in [6.07, 6.45) is 3.81. The van der Waals surface area contributed by atoms with Crippen LogP contribution in [0, 0.1) is 6.92 Å². The number of methoxy groups -OCH3 is 1. The molecule has 0 atom stereocenters. The highest BCUT2D eigenvalue weighted by Gasteiger charge is 2.19. The summed E-state index contributed by atoms with van der Waals surface area (Å²) < 4.78 is 7.95. The molecule has 6 nitrogen and oxygen atoms in total. The van der Waals surface area contributed by atoms with E-state index in [0.717, 1.165) is 42.7 Å². The lowest BCUT2D eigenvalue weighted by atomic mass is 10.0. The summed E-state index contributed by atoms with van der Waals surface area (Å²) in [5.41, 5.74) is 3.89. The van der Waals surface area contributed by atoms with Crippen molar-refractivity contribution >= 4 is 38.4 Å². The molecule has 144 valence electrons. The van der Waals surface area contributed by atoms with Crippen LogP contribution >= 0.6 is 11.3 Å². The van der Waals surface area contributed by atoms with Gasteiger partial charge in [-0.05, 0) is 35.6 Å². The van der Waals surface area contributed by atoms with Crippen molar-refractivity contribution in [3.05, 3.63) is 47.1 Å². The van der Waals surface area contributed by atoms with Gasteiger partial charge in [0.15, 0.2) is 5.65 Å². The number of nitrogens with zero attached hydrogens (tertiary/aromatic N) is 4. The zero-order chi connectivity index (χ0) is 19.8. The highest BCUT2D eigenvalue weighted by molar-refractivity contribution is 7.21. The molecule has 0 saturated carbocycles. The maximum atomic E-state index is 12.8. The summed E-state index contributed by atoms with van der Waals surface area (Å²) in [7, 11) is 5.34. The molecule has 7 heteroatoms. The van der Waals surface area contributed by atoms with Crippen LogP contribution in [0.5, 0.6) is 0 Å². The van der Waals surface area contributed by atoms with E-state index in [9.17, 15) is 4.79 Å². The number of rotatable bonds is 5. The van der Waals surface area contributed by atoms with Gasteiger partial charge in [0.2, 0.25) is 0 Å². The minimum Gasteiger partial charge on any atom is -0.383 e. The van der Waals surface area contributed by atoms with E-state index in [-0.39, 0.29) is 5.91 Å². The third-order valence-electron chi connectivity index (χ3n) is 4.92. The van der Waals surface area contributed by atoms with Crippen LogP contribution in [0.3, 0.4) is 0 Å². The van der Waals surface area contributed by atoms with E-state index in [1.807, 2.05) is 33.4 Å². The summed E-state index contributed by atoms with van der Waals surface area (Å²) in [6, 6.07) is 8.42. The van der Waals surface area contributed by atoms with Gasteiger partial charge in [0.1, 0.15) is 0 Å². The van der Waals surface area contributed by atoms with Gasteiger partial charge in [0.05, 0.1) is 11.5 Å². The molecule has 1 aromatic carbocycles. The highest BCUT2D eigenvalue weighted by Crippen LogP contribution is 2.35. The number of benzene rings is 1. The molecule has 0 N–H and O–H groups in total. The minimum atomic E-state index is 0.0377. The number of aromatic nitrogens is 3. The molecule has 4 aromatic rings. The van der Waals surface area contributed by atoms with Gasteiger partial charge in [-0.25, -0.2) is 4.98 Å². The monoisotopic (exact) mass is 394 g/mol.